The maximum atomic E-state index is 12.5. The third-order valence-corrected chi connectivity index (χ3v) is 9.86. The zero-order valence-electron chi connectivity index (χ0n) is 33.7. The summed E-state index contributed by atoms with van der Waals surface area (Å²) in [6, 6.07) is 0. The highest BCUT2D eigenvalue weighted by Gasteiger charge is 2.19. The number of hydrogen-bond acceptors (Lipinski definition) is 6. The molecule has 0 bridgehead atoms. The van der Waals surface area contributed by atoms with Gasteiger partial charge in [-0.3, -0.25) is 14.4 Å². The molecule has 1 atom stereocenters. The predicted octanol–water partition coefficient (Wildman–Crippen LogP) is 13.7. The molecule has 296 valence electrons. The number of hydrogen-bond donors (Lipinski definition) is 0. The largest absolute Gasteiger partial charge is 0.462 e. The molecular formula is C44H84O6. The fraction of sp³-hybridized carbons (Fsp3) is 0.932. The normalized spacial score (nSPS) is 11.8. The minimum atomic E-state index is -0.756. The molecule has 0 N–H and O–H groups in total. The van der Waals surface area contributed by atoms with Gasteiger partial charge < -0.3 is 14.2 Å². The summed E-state index contributed by atoms with van der Waals surface area (Å²) in [5, 5.41) is 0. The molecular weight excluding hydrogens is 624 g/mol. The highest BCUT2D eigenvalue weighted by molar-refractivity contribution is 5.71. The Hall–Kier alpha value is -1.59. The Labute approximate surface area is 310 Å². The van der Waals surface area contributed by atoms with Crippen LogP contribution in [0.1, 0.15) is 245 Å². The van der Waals surface area contributed by atoms with Gasteiger partial charge in [0, 0.05) is 19.3 Å². The zero-order chi connectivity index (χ0) is 36.6. The highest BCUT2D eigenvalue weighted by atomic mass is 16.6. The minimum absolute atomic E-state index is 0.0645. The first-order valence-corrected chi connectivity index (χ1v) is 22.0. The summed E-state index contributed by atoms with van der Waals surface area (Å²) in [6.07, 6.45) is 39.7. The Morgan fingerprint density at radius 1 is 0.320 bits per heavy atom. The van der Waals surface area contributed by atoms with Crippen molar-refractivity contribution >= 4 is 17.9 Å². The van der Waals surface area contributed by atoms with Crippen molar-refractivity contribution in [3.63, 3.8) is 0 Å². The van der Waals surface area contributed by atoms with Crippen molar-refractivity contribution in [1.29, 1.82) is 0 Å². The standard InChI is InChI=1S/C44H84O6/c1-4-7-10-13-15-17-19-21-23-25-27-29-32-34-37-43(46)49-40-41(50-44(47)38-35-30-12-9-6-3)39-48-42(45)36-33-31-28-26-24-22-20-18-16-14-11-8-5-2/h41H,4-40H2,1-3H3/t41-/m0/s1. The van der Waals surface area contributed by atoms with E-state index in [0.29, 0.717) is 19.3 Å². The van der Waals surface area contributed by atoms with Crippen LogP contribution in [-0.4, -0.2) is 37.2 Å². The van der Waals surface area contributed by atoms with Gasteiger partial charge in [-0.15, -0.1) is 0 Å². The SMILES string of the molecule is CCCCCCCCCCCCCCCCC(=O)OC[C@H](COC(=O)CCCCCCCCCCCCCCC)OC(=O)CCCCCCC. The van der Waals surface area contributed by atoms with E-state index in [1.165, 1.54) is 141 Å². The maximum Gasteiger partial charge on any atom is 0.306 e. The quantitative estimate of drug-likeness (QED) is 0.0358. The molecule has 0 fully saturated rings. The summed E-state index contributed by atoms with van der Waals surface area (Å²) < 4.78 is 16.6. The molecule has 6 heteroatoms. The van der Waals surface area contributed by atoms with Crippen LogP contribution < -0.4 is 0 Å². The van der Waals surface area contributed by atoms with Crippen molar-refractivity contribution < 1.29 is 28.6 Å². The van der Waals surface area contributed by atoms with Gasteiger partial charge in [-0.05, 0) is 19.3 Å². The average Bonchev–Trinajstić information content (AvgIpc) is 3.11. The van der Waals surface area contributed by atoms with Crippen molar-refractivity contribution in [2.45, 2.75) is 252 Å². The van der Waals surface area contributed by atoms with Gasteiger partial charge in [0.2, 0.25) is 0 Å². The first-order valence-electron chi connectivity index (χ1n) is 22.0. The van der Waals surface area contributed by atoms with Gasteiger partial charge in [-0.1, -0.05) is 207 Å². The Balaban J connectivity index is 4.15. The number of ether oxygens (including phenoxy) is 3. The van der Waals surface area contributed by atoms with E-state index in [9.17, 15) is 14.4 Å². The van der Waals surface area contributed by atoms with Gasteiger partial charge >= 0.3 is 17.9 Å². The summed E-state index contributed by atoms with van der Waals surface area (Å²) >= 11 is 0. The summed E-state index contributed by atoms with van der Waals surface area (Å²) in [5.41, 5.74) is 0. The lowest BCUT2D eigenvalue weighted by atomic mass is 10.0. The van der Waals surface area contributed by atoms with Gasteiger partial charge in [0.25, 0.3) is 0 Å². The lowest BCUT2D eigenvalue weighted by Gasteiger charge is -2.18. The van der Waals surface area contributed by atoms with Crippen LogP contribution in [0.5, 0.6) is 0 Å². The first kappa shape index (κ1) is 48.4. The summed E-state index contributed by atoms with van der Waals surface area (Å²) in [4.78, 5) is 37.4. The van der Waals surface area contributed by atoms with E-state index in [1.807, 2.05) is 0 Å². The van der Waals surface area contributed by atoms with E-state index < -0.39 is 6.10 Å². The fourth-order valence-corrected chi connectivity index (χ4v) is 6.50. The van der Waals surface area contributed by atoms with Crippen LogP contribution in [-0.2, 0) is 28.6 Å². The monoisotopic (exact) mass is 709 g/mol. The van der Waals surface area contributed by atoms with Crippen LogP contribution >= 0.6 is 0 Å². The highest BCUT2D eigenvalue weighted by Crippen LogP contribution is 2.15. The molecule has 0 saturated heterocycles. The molecule has 0 aromatic carbocycles. The molecule has 0 aliphatic carbocycles. The Morgan fingerprint density at radius 3 is 0.800 bits per heavy atom. The van der Waals surface area contributed by atoms with Crippen molar-refractivity contribution in [2.75, 3.05) is 13.2 Å². The second kappa shape index (κ2) is 40.2. The van der Waals surface area contributed by atoms with Crippen LogP contribution in [0.2, 0.25) is 0 Å². The molecule has 0 radical (unpaired) electrons. The lowest BCUT2D eigenvalue weighted by Crippen LogP contribution is -2.30. The van der Waals surface area contributed by atoms with E-state index in [-0.39, 0.29) is 31.1 Å². The Morgan fingerprint density at radius 2 is 0.540 bits per heavy atom. The molecule has 6 nitrogen and oxygen atoms in total. The number of carbonyl (C=O) groups is 3. The Bertz CT molecular complexity index is 738. The number of rotatable bonds is 40. The van der Waals surface area contributed by atoms with Crippen molar-refractivity contribution in [3.8, 4) is 0 Å². The molecule has 0 aliphatic heterocycles. The van der Waals surface area contributed by atoms with Gasteiger partial charge in [-0.25, -0.2) is 0 Å². The fourth-order valence-electron chi connectivity index (χ4n) is 6.50. The van der Waals surface area contributed by atoms with Crippen LogP contribution in [0, 0.1) is 0 Å². The molecule has 0 aliphatic rings. The van der Waals surface area contributed by atoms with Gasteiger partial charge in [0.15, 0.2) is 6.10 Å². The van der Waals surface area contributed by atoms with E-state index in [0.717, 1.165) is 64.2 Å². The van der Waals surface area contributed by atoms with Crippen molar-refractivity contribution in [3.05, 3.63) is 0 Å². The third-order valence-electron chi connectivity index (χ3n) is 9.86. The maximum absolute atomic E-state index is 12.5. The van der Waals surface area contributed by atoms with Crippen molar-refractivity contribution in [1.82, 2.24) is 0 Å². The summed E-state index contributed by atoms with van der Waals surface area (Å²) in [7, 11) is 0. The average molecular weight is 709 g/mol. The Kier molecular flexibility index (Phi) is 38.9. The second-order valence-corrected chi connectivity index (χ2v) is 15.0. The number of carbonyl (C=O) groups excluding carboxylic acids is 3. The predicted molar refractivity (Wildman–Crippen MR) is 210 cm³/mol. The third kappa shape index (κ3) is 37.7. The molecule has 0 rings (SSSR count). The van der Waals surface area contributed by atoms with Crippen LogP contribution in [0.3, 0.4) is 0 Å². The van der Waals surface area contributed by atoms with Crippen LogP contribution in [0.4, 0.5) is 0 Å². The summed E-state index contributed by atoms with van der Waals surface area (Å²) in [5.74, 6) is -0.868. The first-order chi connectivity index (χ1) is 24.5. The lowest BCUT2D eigenvalue weighted by molar-refractivity contribution is -0.167. The molecule has 50 heavy (non-hydrogen) atoms. The number of unbranched alkanes of at least 4 members (excludes halogenated alkanes) is 29. The molecule has 0 aromatic rings. The topological polar surface area (TPSA) is 78.9 Å². The molecule has 0 aromatic heterocycles. The van der Waals surface area contributed by atoms with Gasteiger partial charge in [-0.2, -0.15) is 0 Å². The molecule has 0 saturated carbocycles. The van der Waals surface area contributed by atoms with Crippen LogP contribution in [0.25, 0.3) is 0 Å². The van der Waals surface area contributed by atoms with E-state index in [1.54, 1.807) is 0 Å². The van der Waals surface area contributed by atoms with E-state index >= 15 is 0 Å². The van der Waals surface area contributed by atoms with E-state index in [2.05, 4.69) is 20.8 Å². The van der Waals surface area contributed by atoms with Gasteiger partial charge in [0.05, 0.1) is 0 Å². The minimum Gasteiger partial charge on any atom is -0.462 e. The summed E-state index contributed by atoms with van der Waals surface area (Å²) in [6.45, 7) is 6.57. The van der Waals surface area contributed by atoms with Crippen LogP contribution in [0.15, 0.2) is 0 Å². The zero-order valence-corrected chi connectivity index (χ0v) is 33.7. The second-order valence-electron chi connectivity index (χ2n) is 15.0. The van der Waals surface area contributed by atoms with Crippen molar-refractivity contribution in [2.24, 2.45) is 0 Å². The molecule has 0 spiro atoms. The number of esters is 3. The molecule has 0 amide bonds. The molecule has 0 heterocycles. The van der Waals surface area contributed by atoms with E-state index in [4.69, 9.17) is 14.2 Å². The smallest absolute Gasteiger partial charge is 0.306 e. The molecule has 0 unspecified atom stereocenters. The van der Waals surface area contributed by atoms with Gasteiger partial charge in [0.1, 0.15) is 13.2 Å².